The molecule has 1 atom stereocenters. The predicted molar refractivity (Wildman–Crippen MR) is 64.8 cm³/mol. The number of rotatable bonds is 3. The Balaban J connectivity index is 2.10. The molecule has 0 bridgehead atoms. The zero-order valence-corrected chi connectivity index (χ0v) is 11.0. The second-order valence-electron chi connectivity index (χ2n) is 5.50. The first-order chi connectivity index (χ1) is 7.46. The maximum Gasteiger partial charge on any atom is 0.214 e. The van der Waals surface area contributed by atoms with Crippen LogP contribution in [0.25, 0.3) is 0 Å². The van der Waals surface area contributed by atoms with Crippen LogP contribution >= 0.6 is 0 Å². The molecular weight excluding hydrogens is 224 g/mol. The number of nitrogens with one attached hydrogen (secondary N) is 1. The topological polar surface area (TPSA) is 49.4 Å². The van der Waals surface area contributed by atoms with Gasteiger partial charge in [0, 0.05) is 18.6 Å². The highest BCUT2D eigenvalue weighted by Gasteiger charge is 2.50. The number of piperidine rings is 1. The van der Waals surface area contributed by atoms with Gasteiger partial charge in [-0.05, 0) is 31.7 Å². The van der Waals surface area contributed by atoms with E-state index in [4.69, 9.17) is 0 Å². The molecule has 2 aliphatic heterocycles. The number of hydrogen-bond donors (Lipinski definition) is 1. The Bertz CT molecular complexity index is 345. The highest BCUT2D eigenvalue weighted by Crippen LogP contribution is 2.38. The lowest BCUT2D eigenvalue weighted by Crippen LogP contribution is -2.68. The highest BCUT2D eigenvalue weighted by atomic mass is 32.2. The second-order valence-corrected chi connectivity index (χ2v) is 7.44. The van der Waals surface area contributed by atoms with Crippen molar-refractivity contribution in [1.82, 2.24) is 9.62 Å². The molecule has 2 aliphatic rings. The summed E-state index contributed by atoms with van der Waals surface area (Å²) in [5.41, 5.74) is -0.0774. The molecule has 0 aromatic rings. The first kappa shape index (κ1) is 12.3. The van der Waals surface area contributed by atoms with Crippen LogP contribution in [-0.2, 0) is 10.0 Å². The Morgan fingerprint density at radius 3 is 2.56 bits per heavy atom. The van der Waals surface area contributed by atoms with Crippen molar-refractivity contribution < 1.29 is 8.42 Å². The van der Waals surface area contributed by atoms with Crippen LogP contribution in [0.2, 0.25) is 0 Å². The number of nitrogens with zero attached hydrogens (tertiary/aromatic N) is 1. The van der Waals surface area contributed by atoms with Crippen LogP contribution in [0.1, 0.15) is 33.1 Å². The van der Waals surface area contributed by atoms with Crippen molar-refractivity contribution in [1.29, 1.82) is 0 Å². The Morgan fingerprint density at radius 2 is 2.12 bits per heavy atom. The fraction of sp³-hybridized carbons (Fsp3) is 1.00. The van der Waals surface area contributed by atoms with Gasteiger partial charge in [0.05, 0.1) is 5.75 Å². The number of sulfonamides is 1. The molecule has 0 aliphatic carbocycles. The molecule has 0 aromatic carbocycles. The maximum atomic E-state index is 12.2. The summed E-state index contributed by atoms with van der Waals surface area (Å²) in [5, 5.41) is 3.33. The van der Waals surface area contributed by atoms with Gasteiger partial charge in [0.1, 0.15) is 0 Å². The van der Waals surface area contributed by atoms with Crippen molar-refractivity contribution in [3.05, 3.63) is 0 Å². The zero-order valence-electron chi connectivity index (χ0n) is 10.2. The van der Waals surface area contributed by atoms with Crippen LogP contribution in [-0.4, -0.2) is 43.6 Å². The standard InChI is InChI=1S/C11H22N2O2S/c1-10(2)8-16(14,15)13-7-5-11(13)4-3-6-12-9-11/h10,12H,3-9H2,1-2H3. The van der Waals surface area contributed by atoms with Crippen molar-refractivity contribution in [3.8, 4) is 0 Å². The van der Waals surface area contributed by atoms with Crippen LogP contribution in [0.4, 0.5) is 0 Å². The Morgan fingerprint density at radius 1 is 1.38 bits per heavy atom. The summed E-state index contributed by atoms with van der Waals surface area (Å²) in [6, 6.07) is 0. The van der Waals surface area contributed by atoms with Gasteiger partial charge < -0.3 is 5.32 Å². The normalized spacial score (nSPS) is 31.9. The predicted octanol–water partition coefficient (Wildman–Crippen LogP) is 0.800. The van der Waals surface area contributed by atoms with E-state index in [1.165, 1.54) is 0 Å². The van der Waals surface area contributed by atoms with E-state index in [-0.39, 0.29) is 17.2 Å². The first-order valence-electron chi connectivity index (χ1n) is 6.18. The van der Waals surface area contributed by atoms with E-state index >= 15 is 0 Å². The van der Waals surface area contributed by atoms with Crippen LogP contribution in [0.15, 0.2) is 0 Å². The Labute approximate surface area is 98.4 Å². The second kappa shape index (κ2) is 4.27. The van der Waals surface area contributed by atoms with Crippen molar-refractivity contribution >= 4 is 10.0 Å². The lowest BCUT2D eigenvalue weighted by Gasteiger charge is -2.53. The van der Waals surface area contributed by atoms with Gasteiger partial charge in [0.25, 0.3) is 0 Å². The molecule has 16 heavy (non-hydrogen) atoms. The Hall–Kier alpha value is -0.130. The van der Waals surface area contributed by atoms with Gasteiger partial charge in [-0.3, -0.25) is 0 Å². The van der Waals surface area contributed by atoms with Gasteiger partial charge in [0.2, 0.25) is 10.0 Å². The third kappa shape index (κ3) is 2.13. The van der Waals surface area contributed by atoms with E-state index in [1.807, 2.05) is 13.8 Å². The van der Waals surface area contributed by atoms with Crippen molar-refractivity contribution in [2.45, 2.75) is 38.6 Å². The number of hydrogen-bond acceptors (Lipinski definition) is 3. The van der Waals surface area contributed by atoms with E-state index in [0.717, 1.165) is 38.9 Å². The molecule has 0 radical (unpaired) electrons. The van der Waals surface area contributed by atoms with Gasteiger partial charge >= 0.3 is 0 Å². The zero-order chi connectivity index (χ0) is 11.8. The molecule has 4 nitrogen and oxygen atoms in total. The smallest absolute Gasteiger partial charge is 0.214 e. The molecule has 1 spiro atoms. The molecule has 0 aromatic heterocycles. The summed E-state index contributed by atoms with van der Waals surface area (Å²) in [7, 11) is -3.04. The highest BCUT2D eigenvalue weighted by molar-refractivity contribution is 7.89. The van der Waals surface area contributed by atoms with Gasteiger partial charge in [-0.1, -0.05) is 13.8 Å². The molecule has 94 valence electrons. The SMILES string of the molecule is CC(C)CS(=O)(=O)N1CCC12CCCNC2. The lowest BCUT2D eigenvalue weighted by atomic mass is 9.81. The maximum absolute atomic E-state index is 12.2. The average Bonchev–Trinajstić information content (AvgIpc) is 2.14. The molecule has 2 saturated heterocycles. The summed E-state index contributed by atoms with van der Waals surface area (Å²) >= 11 is 0. The van der Waals surface area contributed by atoms with Crippen LogP contribution in [0.5, 0.6) is 0 Å². The largest absolute Gasteiger partial charge is 0.315 e. The minimum absolute atomic E-state index is 0.0774. The molecule has 0 amide bonds. The Kier molecular flexibility index (Phi) is 3.29. The summed E-state index contributed by atoms with van der Waals surface area (Å²) < 4.78 is 26.1. The van der Waals surface area contributed by atoms with Gasteiger partial charge in [0.15, 0.2) is 0 Å². The fourth-order valence-electron chi connectivity index (χ4n) is 2.84. The summed E-state index contributed by atoms with van der Waals surface area (Å²) in [4.78, 5) is 0. The van der Waals surface area contributed by atoms with Crippen LogP contribution in [0.3, 0.4) is 0 Å². The van der Waals surface area contributed by atoms with E-state index in [0.29, 0.717) is 0 Å². The molecule has 1 unspecified atom stereocenters. The summed E-state index contributed by atoms with van der Waals surface area (Å²) in [5.74, 6) is 0.494. The molecule has 0 saturated carbocycles. The molecule has 5 heteroatoms. The van der Waals surface area contributed by atoms with Crippen molar-refractivity contribution in [3.63, 3.8) is 0 Å². The van der Waals surface area contributed by atoms with Crippen molar-refractivity contribution in [2.24, 2.45) is 5.92 Å². The minimum Gasteiger partial charge on any atom is -0.315 e. The van der Waals surface area contributed by atoms with E-state index in [9.17, 15) is 8.42 Å². The van der Waals surface area contributed by atoms with E-state index in [2.05, 4.69) is 5.32 Å². The van der Waals surface area contributed by atoms with Gasteiger partial charge in [-0.2, -0.15) is 4.31 Å². The van der Waals surface area contributed by atoms with E-state index < -0.39 is 10.0 Å². The quantitative estimate of drug-likeness (QED) is 0.801. The molecular formula is C11H22N2O2S. The van der Waals surface area contributed by atoms with Crippen LogP contribution in [0, 0.1) is 5.92 Å². The monoisotopic (exact) mass is 246 g/mol. The molecule has 1 N–H and O–H groups in total. The van der Waals surface area contributed by atoms with Gasteiger partial charge in [-0.25, -0.2) is 8.42 Å². The molecule has 2 rings (SSSR count). The summed E-state index contributed by atoms with van der Waals surface area (Å²) in [6.07, 6.45) is 3.14. The molecule has 2 heterocycles. The van der Waals surface area contributed by atoms with Crippen molar-refractivity contribution in [2.75, 3.05) is 25.4 Å². The van der Waals surface area contributed by atoms with Gasteiger partial charge in [-0.15, -0.1) is 0 Å². The fourth-order valence-corrected chi connectivity index (χ4v) is 5.07. The first-order valence-corrected chi connectivity index (χ1v) is 7.78. The molecule has 2 fully saturated rings. The third-order valence-electron chi connectivity index (χ3n) is 3.64. The van der Waals surface area contributed by atoms with Crippen LogP contribution < -0.4 is 5.32 Å². The van der Waals surface area contributed by atoms with E-state index in [1.54, 1.807) is 4.31 Å². The third-order valence-corrected chi connectivity index (χ3v) is 5.97. The minimum atomic E-state index is -3.04. The summed E-state index contributed by atoms with van der Waals surface area (Å²) in [6.45, 7) is 6.51. The lowest BCUT2D eigenvalue weighted by molar-refractivity contribution is 0.0453. The average molecular weight is 246 g/mol.